The Bertz CT molecular complexity index is 1440. The number of ether oxygens (including phenoxy) is 6. The SMILES string of the molecule is CCOC=O.C[C@@H](C=O)CC(=O)OC(C)(C)C.C[C@H](CC(=O)OC(C)(C)C)C(O)CCC=O.C[C@H](CC(=O)OC(C)(C)C)C(O)CN.C[C@H](CC(=O)OC(C)(C)C)C1CO1.C[C@H](N)C(O)CCC=O.O=CO. The first kappa shape index (κ1) is 79.0. The molecule has 1 aliphatic heterocycles. The van der Waals surface area contributed by atoms with Crippen LogP contribution in [0, 0.1) is 23.7 Å². The molecule has 21 heteroatoms. The summed E-state index contributed by atoms with van der Waals surface area (Å²) in [6, 6.07) is -0.232. The summed E-state index contributed by atoms with van der Waals surface area (Å²) in [6.45, 7) is 34.3. The molecule has 1 fully saturated rings. The summed E-state index contributed by atoms with van der Waals surface area (Å²) in [4.78, 5) is 92.8. The molecule has 0 spiro atoms. The third-order valence-electron chi connectivity index (χ3n) is 8.42. The molecule has 9 atom stereocenters. The Morgan fingerprint density at radius 2 is 0.917 bits per heavy atom. The second kappa shape index (κ2) is 44.1. The molecule has 426 valence electrons. The van der Waals surface area contributed by atoms with Crippen LogP contribution >= 0.6 is 0 Å². The number of aliphatic hydroxyl groups is 3. The predicted octanol–water partition coefficient (Wildman–Crippen LogP) is 5.23. The van der Waals surface area contributed by atoms with Crippen molar-refractivity contribution in [1.29, 1.82) is 0 Å². The zero-order valence-electron chi connectivity index (χ0n) is 46.9. The molecule has 0 aromatic heterocycles. The van der Waals surface area contributed by atoms with E-state index in [1.54, 1.807) is 76.2 Å². The van der Waals surface area contributed by atoms with Crippen LogP contribution in [0.3, 0.4) is 0 Å². The number of aldehydes is 3. The summed E-state index contributed by atoms with van der Waals surface area (Å²) in [5.41, 5.74) is 8.79. The maximum atomic E-state index is 11.4. The van der Waals surface area contributed by atoms with E-state index in [1.165, 1.54) is 0 Å². The number of hydrogen-bond acceptors (Lipinski definition) is 20. The van der Waals surface area contributed by atoms with E-state index in [0.29, 0.717) is 45.2 Å². The largest absolute Gasteiger partial charge is 0.483 e. The van der Waals surface area contributed by atoms with Crippen molar-refractivity contribution < 1.29 is 92.0 Å². The highest BCUT2D eigenvalue weighted by Crippen LogP contribution is 2.24. The van der Waals surface area contributed by atoms with Crippen LogP contribution in [0.1, 0.15) is 176 Å². The Labute approximate surface area is 430 Å². The number of esters is 4. The standard InChI is InChI=1S/C12H22O4.C10H21NO3.C10H18O3.C9H16O3.C6H13NO2.C3H6O2.CH2O2/c1-9(10(14)6-5-7-13)8-11(15)16-12(2,3)4;1-7(8(12)6-11)5-9(13)14-10(2,3)4;1-7(8-6-12-8)5-9(11)13-10(2,3)4;1-7(6-10)5-8(11)12-9(2,3)4;1-5(7)6(9)3-2-4-8;1-2-5-3-4;2-1-3/h7,9-10,14H,5-6,8H2,1-4H3;7-8,12H,5-6,11H2,1-4H3;7-8H,5-6H2,1-4H3;6-7H,5H2,1-4H3;4-6,9H,2-3,7H2,1H3;3H,2H2,1H3;1H,(H,2,3)/t9-,10?;2*7-,8?;7-;5-,6?;;/m11110../s1. The zero-order chi connectivity index (χ0) is 58.1. The van der Waals surface area contributed by atoms with Crippen molar-refractivity contribution >= 4 is 55.7 Å². The zero-order valence-corrected chi connectivity index (χ0v) is 46.9. The lowest BCUT2D eigenvalue weighted by Gasteiger charge is -2.22. The molecular weight excluding hydrogens is 945 g/mol. The van der Waals surface area contributed by atoms with Gasteiger partial charge in [0.2, 0.25) is 0 Å². The summed E-state index contributed by atoms with van der Waals surface area (Å²) in [5.74, 6) is -1.36. The van der Waals surface area contributed by atoms with Gasteiger partial charge in [-0.25, -0.2) is 0 Å². The fourth-order valence-electron chi connectivity index (χ4n) is 4.75. The topological polar surface area (TPSA) is 345 Å². The summed E-state index contributed by atoms with van der Waals surface area (Å²) >= 11 is 0. The lowest BCUT2D eigenvalue weighted by atomic mass is 9.97. The number of carboxylic acid groups (broad SMARTS) is 1. The molecule has 0 amide bonds. The highest BCUT2D eigenvalue weighted by molar-refractivity contribution is 5.74. The lowest BCUT2D eigenvalue weighted by molar-refractivity contribution is -0.157. The van der Waals surface area contributed by atoms with Gasteiger partial charge in [-0.1, -0.05) is 27.7 Å². The van der Waals surface area contributed by atoms with E-state index in [0.717, 1.165) is 25.5 Å². The molecule has 1 heterocycles. The van der Waals surface area contributed by atoms with Gasteiger partial charge in [0.25, 0.3) is 12.9 Å². The highest BCUT2D eigenvalue weighted by Gasteiger charge is 2.32. The van der Waals surface area contributed by atoms with Gasteiger partial charge in [0, 0.05) is 31.3 Å². The Morgan fingerprint density at radius 1 is 0.597 bits per heavy atom. The predicted molar refractivity (Wildman–Crippen MR) is 272 cm³/mol. The van der Waals surface area contributed by atoms with Gasteiger partial charge in [-0.2, -0.15) is 0 Å². The summed E-state index contributed by atoms with van der Waals surface area (Å²) in [7, 11) is 0. The van der Waals surface area contributed by atoms with E-state index in [2.05, 4.69) is 4.74 Å². The summed E-state index contributed by atoms with van der Waals surface area (Å²) in [6.07, 6.45) is 3.38. The summed E-state index contributed by atoms with van der Waals surface area (Å²) < 4.78 is 29.7. The first-order valence-electron chi connectivity index (χ1n) is 24.2. The molecule has 1 rings (SSSR count). The molecule has 0 saturated carbocycles. The second-order valence-electron chi connectivity index (χ2n) is 21.0. The van der Waals surface area contributed by atoms with Crippen molar-refractivity contribution in [2.75, 3.05) is 19.8 Å². The maximum Gasteiger partial charge on any atom is 0.307 e. The number of nitrogens with two attached hydrogens (primary N) is 2. The van der Waals surface area contributed by atoms with Crippen LogP contribution in [-0.2, 0) is 71.6 Å². The number of hydrogen-bond donors (Lipinski definition) is 6. The molecule has 0 aromatic carbocycles. The molecule has 0 radical (unpaired) electrons. The van der Waals surface area contributed by atoms with Gasteiger partial charge in [0.1, 0.15) is 41.3 Å². The summed E-state index contributed by atoms with van der Waals surface area (Å²) in [5, 5.41) is 34.8. The second-order valence-corrected chi connectivity index (χ2v) is 21.0. The molecule has 0 aliphatic carbocycles. The minimum atomic E-state index is -0.637. The minimum absolute atomic E-state index is 0.129. The molecule has 72 heavy (non-hydrogen) atoms. The van der Waals surface area contributed by atoms with Gasteiger partial charge < -0.3 is 74.7 Å². The van der Waals surface area contributed by atoms with Crippen molar-refractivity contribution in [2.24, 2.45) is 35.1 Å². The number of epoxide rings is 1. The van der Waals surface area contributed by atoms with Crippen molar-refractivity contribution in [3.63, 3.8) is 0 Å². The van der Waals surface area contributed by atoms with Crippen molar-refractivity contribution in [2.45, 2.75) is 229 Å². The fraction of sp³-hybridized carbons (Fsp3) is 0.824. The van der Waals surface area contributed by atoms with Crippen LogP contribution < -0.4 is 11.5 Å². The van der Waals surface area contributed by atoms with Gasteiger partial charge in [0.15, 0.2) is 0 Å². The van der Waals surface area contributed by atoms with Gasteiger partial charge in [-0.05, 0) is 128 Å². The quantitative estimate of drug-likeness (QED) is 0.0350. The lowest BCUT2D eigenvalue weighted by Crippen LogP contribution is -2.31. The first-order chi connectivity index (χ1) is 32.8. The Morgan fingerprint density at radius 3 is 1.17 bits per heavy atom. The number of carbonyl (C=O) groups is 9. The molecule has 8 N–H and O–H groups in total. The molecule has 1 aliphatic rings. The molecule has 1 saturated heterocycles. The van der Waals surface area contributed by atoms with Crippen LogP contribution in [0.15, 0.2) is 0 Å². The minimum Gasteiger partial charge on any atom is -0.483 e. The third kappa shape index (κ3) is 65.6. The Balaban J connectivity index is -0.000000183. The van der Waals surface area contributed by atoms with Gasteiger partial charge in [-0.3, -0.25) is 28.8 Å². The Kier molecular flexibility index (Phi) is 48.4. The van der Waals surface area contributed by atoms with E-state index >= 15 is 0 Å². The van der Waals surface area contributed by atoms with Crippen LogP contribution in [0.2, 0.25) is 0 Å². The first-order valence-corrected chi connectivity index (χ1v) is 24.2. The molecule has 0 aromatic rings. The van der Waals surface area contributed by atoms with Crippen molar-refractivity contribution in [1.82, 2.24) is 0 Å². The number of rotatable bonds is 22. The number of aliphatic hydroxyl groups excluding tert-OH is 3. The average molecular weight is 1040 g/mol. The molecule has 0 bridgehead atoms. The van der Waals surface area contributed by atoms with E-state index in [4.69, 9.17) is 50.2 Å². The van der Waals surface area contributed by atoms with Crippen LogP contribution in [0.4, 0.5) is 0 Å². The smallest absolute Gasteiger partial charge is 0.307 e. The van der Waals surface area contributed by atoms with E-state index in [1.807, 2.05) is 48.5 Å². The van der Waals surface area contributed by atoms with Crippen molar-refractivity contribution in [3.8, 4) is 0 Å². The van der Waals surface area contributed by atoms with Gasteiger partial charge >= 0.3 is 23.9 Å². The fourth-order valence-corrected chi connectivity index (χ4v) is 4.75. The third-order valence-corrected chi connectivity index (χ3v) is 8.42. The molecule has 21 nitrogen and oxygen atoms in total. The van der Waals surface area contributed by atoms with E-state index in [-0.39, 0.29) is 97.6 Å². The van der Waals surface area contributed by atoms with Gasteiger partial charge in [0.05, 0.1) is 63.3 Å². The van der Waals surface area contributed by atoms with Crippen LogP contribution in [0.25, 0.3) is 0 Å². The molecular formula is C51H98N2O19. The van der Waals surface area contributed by atoms with Gasteiger partial charge in [-0.15, -0.1) is 0 Å². The Hall–Kier alpha value is -4.41. The van der Waals surface area contributed by atoms with Crippen LogP contribution in [0.5, 0.6) is 0 Å². The van der Waals surface area contributed by atoms with Crippen molar-refractivity contribution in [3.05, 3.63) is 0 Å². The maximum absolute atomic E-state index is 11.4. The molecule has 4 unspecified atom stereocenters. The normalized spacial score (nSPS) is 15.8. The van der Waals surface area contributed by atoms with E-state index < -0.39 is 35.1 Å². The highest BCUT2D eigenvalue weighted by atomic mass is 16.6. The monoisotopic (exact) mass is 1040 g/mol. The average Bonchev–Trinajstić information content (AvgIpc) is 4.07. The van der Waals surface area contributed by atoms with E-state index in [9.17, 15) is 48.6 Å². The van der Waals surface area contributed by atoms with Crippen LogP contribution in [-0.4, -0.2) is 149 Å². The number of carbonyl (C=O) groups excluding carboxylic acids is 8.